The highest BCUT2D eigenvalue weighted by Crippen LogP contribution is 2.37. The van der Waals surface area contributed by atoms with Crippen molar-refractivity contribution in [2.75, 3.05) is 33.0 Å². The smallest absolute Gasteiger partial charge is 0.162 e. The Labute approximate surface area is 156 Å². The van der Waals surface area contributed by atoms with Crippen LogP contribution in [0, 0.1) is 5.92 Å². The second-order valence-corrected chi connectivity index (χ2v) is 6.23. The molecule has 1 saturated heterocycles. The first-order chi connectivity index (χ1) is 12.6. The number of likely N-dealkylation sites (tertiary alicyclic amines) is 1. The zero-order valence-electron chi connectivity index (χ0n) is 15.7. The summed E-state index contributed by atoms with van der Waals surface area (Å²) < 4.78 is 10.7. The van der Waals surface area contributed by atoms with E-state index in [0.29, 0.717) is 23.1 Å². The zero-order chi connectivity index (χ0) is 18.9. The van der Waals surface area contributed by atoms with Gasteiger partial charge < -0.3 is 25.8 Å². The van der Waals surface area contributed by atoms with Crippen molar-refractivity contribution in [3.63, 3.8) is 0 Å². The molecule has 0 amide bonds. The first-order valence-electron chi connectivity index (χ1n) is 8.77. The predicted octanol–water partition coefficient (Wildman–Crippen LogP) is 3.55. The molecule has 0 aliphatic carbocycles. The van der Waals surface area contributed by atoms with E-state index >= 15 is 0 Å². The van der Waals surface area contributed by atoms with Crippen LogP contribution in [-0.2, 0) is 0 Å². The molecule has 1 unspecified atom stereocenters. The summed E-state index contributed by atoms with van der Waals surface area (Å²) in [7, 11) is 3.21. The average molecular weight is 355 g/mol. The molecule has 0 radical (unpaired) electrons. The lowest BCUT2D eigenvalue weighted by Crippen LogP contribution is -2.21. The Morgan fingerprint density at radius 1 is 1.23 bits per heavy atom. The summed E-state index contributed by atoms with van der Waals surface area (Å²) in [5.41, 5.74) is 14.6. The highest BCUT2D eigenvalue weighted by atomic mass is 16.5. The number of ether oxygens (including phenoxy) is 2. The third kappa shape index (κ3) is 4.63. The summed E-state index contributed by atoms with van der Waals surface area (Å²) in [4.78, 5) is 2.29. The number of methoxy groups -OCH3 is 2. The summed E-state index contributed by atoms with van der Waals surface area (Å²) in [6.45, 7) is 5.57. The van der Waals surface area contributed by atoms with Crippen LogP contribution in [0.4, 0.5) is 5.69 Å². The van der Waals surface area contributed by atoms with Gasteiger partial charge in [0.15, 0.2) is 11.5 Å². The lowest BCUT2D eigenvalue weighted by atomic mass is 10.0. The van der Waals surface area contributed by atoms with Crippen LogP contribution >= 0.6 is 0 Å². The van der Waals surface area contributed by atoms with Crippen molar-refractivity contribution < 1.29 is 9.47 Å². The molecule has 26 heavy (non-hydrogen) atoms. The highest BCUT2D eigenvalue weighted by molar-refractivity contribution is 5.77. The molecule has 5 nitrogen and oxygen atoms in total. The van der Waals surface area contributed by atoms with Crippen LogP contribution < -0.4 is 20.9 Å². The van der Waals surface area contributed by atoms with Gasteiger partial charge in [-0.05, 0) is 24.8 Å². The summed E-state index contributed by atoms with van der Waals surface area (Å²) in [6.07, 6.45) is 13.7. The van der Waals surface area contributed by atoms with Gasteiger partial charge in [-0.2, -0.15) is 0 Å². The summed E-state index contributed by atoms with van der Waals surface area (Å²) in [5, 5.41) is 0. The topological polar surface area (TPSA) is 73.7 Å². The van der Waals surface area contributed by atoms with Crippen LogP contribution in [0.5, 0.6) is 11.5 Å². The number of anilines is 1. The van der Waals surface area contributed by atoms with E-state index in [4.69, 9.17) is 20.9 Å². The molecule has 0 aromatic heterocycles. The van der Waals surface area contributed by atoms with Crippen molar-refractivity contribution in [1.82, 2.24) is 4.90 Å². The van der Waals surface area contributed by atoms with Crippen molar-refractivity contribution in [2.24, 2.45) is 11.7 Å². The van der Waals surface area contributed by atoms with E-state index < -0.39 is 0 Å². The monoisotopic (exact) mass is 355 g/mol. The van der Waals surface area contributed by atoms with Crippen LogP contribution in [-0.4, -0.2) is 32.2 Å². The molecule has 0 bridgehead atoms. The van der Waals surface area contributed by atoms with Gasteiger partial charge in [-0.1, -0.05) is 37.0 Å². The van der Waals surface area contributed by atoms with Crippen molar-refractivity contribution in [3.8, 4) is 11.5 Å². The maximum atomic E-state index is 6.24. The Morgan fingerprint density at radius 3 is 2.62 bits per heavy atom. The van der Waals surface area contributed by atoms with Crippen molar-refractivity contribution in [2.45, 2.75) is 12.8 Å². The Kier molecular flexibility index (Phi) is 7.21. The van der Waals surface area contributed by atoms with E-state index in [-0.39, 0.29) is 0 Å². The Hall–Kier alpha value is -2.82. The minimum atomic E-state index is 0.597. The molecule has 0 saturated carbocycles. The molecule has 4 N–H and O–H groups in total. The first-order valence-corrected chi connectivity index (χ1v) is 8.77. The van der Waals surface area contributed by atoms with E-state index in [1.807, 2.05) is 18.2 Å². The number of benzene rings is 1. The molecule has 1 fully saturated rings. The molecular formula is C21H29N3O2. The van der Waals surface area contributed by atoms with Crippen molar-refractivity contribution in [3.05, 3.63) is 60.9 Å². The molecule has 1 aromatic rings. The minimum Gasteiger partial charge on any atom is -0.493 e. The second kappa shape index (κ2) is 9.61. The van der Waals surface area contributed by atoms with Gasteiger partial charge in [0.2, 0.25) is 0 Å². The SMILES string of the molecule is C=C/C=C\C=C\CC1CCN(/C(=C/N)c2cc(OC)c(OC)cc2N)C1. The quantitative estimate of drug-likeness (QED) is 0.551. The normalized spacial score (nSPS) is 18.0. The number of rotatable bonds is 8. The Morgan fingerprint density at radius 2 is 1.96 bits per heavy atom. The van der Waals surface area contributed by atoms with Crippen LogP contribution in [0.2, 0.25) is 0 Å². The van der Waals surface area contributed by atoms with Gasteiger partial charge in [0.25, 0.3) is 0 Å². The first kappa shape index (κ1) is 19.5. The fourth-order valence-electron chi connectivity index (χ4n) is 3.22. The number of hydrogen-bond acceptors (Lipinski definition) is 5. The van der Waals surface area contributed by atoms with Crippen molar-refractivity contribution >= 4 is 11.4 Å². The van der Waals surface area contributed by atoms with Crippen LogP contribution in [0.3, 0.4) is 0 Å². The molecule has 2 rings (SSSR count). The minimum absolute atomic E-state index is 0.597. The molecule has 1 aliphatic heterocycles. The third-order valence-corrected chi connectivity index (χ3v) is 4.58. The molecule has 5 heteroatoms. The Bertz CT molecular complexity index is 707. The summed E-state index contributed by atoms with van der Waals surface area (Å²) in [5.74, 6) is 1.85. The maximum Gasteiger partial charge on any atom is 0.162 e. The van der Waals surface area contributed by atoms with Gasteiger partial charge in [0, 0.05) is 36.6 Å². The molecule has 1 heterocycles. The fourth-order valence-corrected chi connectivity index (χ4v) is 3.22. The van der Waals surface area contributed by atoms with Crippen LogP contribution in [0.15, 0.2) is 55.3 Å². The number of nitrogen functional groups attached to an aromatic ring is 1. The largest absolute Gasteiger partial charge is 0.493 e. The number of allylic oxidation sites excluding steroid dienone is 5. The summed E-state index contributed by atoms with van der Waals surface area (Å²) in [6, 6.07) is 3.67. The molecule has 0 spiro atoms. The zero-order valence-corrected chi connectivity index (χ0v) is 15.7. The number of nitrogens with zero attached hydrogens (tertiary/aromatic N) is 1. The number of nitrogens with two attached hydrogens (primary N) is 2. The molecule has 1 aromatic carbocycles. The van der Waals surface area contributed by atoms with E-state index in [2.05, 4.69) is 23.6 Å². The molecular weight excluding hydrogens is 326 g/mol. The van der Waals surface area contributed by atoms with E-state index in [1.54, 1.807) is 32.6 Å². The van der Waals surface area contributed by atoms with Crippen LogP contribution in [0.1, 0.15) is 18.4 Å². The fraction of sp³-hybridized carbons (Fsp3) is 0.333. The van der Waals surface area contributed by atoms with Gasteiger partial charge in [-0.25, -0.2) is 0 Å². The maximum absolute atomic E-state index is 6.24. The lowest BCUT2D eigenvalue weighted by molar-refractivity contribution is 0.355. The van der Waals surface area contributed by atoms with E-state index in [1.165, 1.54) is 0 Å². The Balaban J connectivity index is 2.11. The predicted molar refractivity (Wildman–Crippen MR) is 109 cm³/mol. The second-order valence-electron chi connectivity index (χ2n) is 6.23. The van der Waals surface area contributed by atoms with Crippen LogP contribution in [0.25, 0.3) is 5.70 Å². The summed E-state index contributed by atoms with van der Waals surface area (Å²) >= 11 is 0. The van der Waals surface area contributed by atoms with E-state index in [9.17, 15) is 0 Å². The average Bonchev–Trinajstić information content (AvgIpc) is 3.11. The lowest BCUT2D eigenvalue weighted by Gasteiger charge is -2.24. The highest BCUT2D eigenvalue weighted by Gasteiger charge is 2.25. The molecule has 1 atom stereocenters. The van der Waals surface area contributed by atoms with E-state index in [0.717, 1.165) is 37.2 Å². The third-order valence-electron chi connectivity index (χ3n) is 4.58. The molecule has 1 aliphatic rings. The van der Waals surface area contributed by atoms with Gasteiger partial charge >= 0.3 is 0 Å². The van der Waals surface area contributed by atoms with Gasteiger partial charge in [-0.3, -0.25) is 0 Å². The van der Waals surface area contributed by atoms with Gasteiger partial charge in [0.05, 0.1) is 19.9 Å². The van der Waals surface area contributed by atoms with Gasteiger partial charge in [-0.15, -0.1) is 0 Å². The molecule has 140 valence electrons. The number of hydrogen-bond donors (Lipinski definition) is 2. The standard InChI is InChI=1S/C21H29N3O2/c1-4-5-6-7-8-9-16-10-11-24(15-16)19(14-22)17-12-20(25-2)21(26-3)13-18(17)23/h4-8,12-14,16H,1,9-11,15,22-23H2,2-3H3/b6-5-,8-7+,19-14+. The van der Waals surface area contributed by atoms with Crippen molar-refractivity contribution in [1.29, 1.82) is 0 Å². The van der Waals surface area contributed by atoms with Gasteiger partial charge in [0.1, 0.15) is 0 Å².